The van der Waals surface area contributed by atoms with Gasteiger partial charge in [-0.25, -0.2) is 9.37 Å². The van der Waals surface area contributed by atoms with Gasteiger partial charge in [0.1, 0.15) is 11.6 Å². The van der Waals surface area contributed by atoms with E-state index >= 15 is 0 Å². The molecule has 3 rings (SSSR count). The molecule has 2 N–H and O–H groups in total. The summed E-state index contributed by atoms with van der Waals surface area (Å²) in [5, 5.41) is 6.52. The van der Waals surface area contributed by atoms with Crippen molar-refractivity contribution >= 4 is 23.3 Å². The molecule has 1 saturated carbocycles. The zero-order valence-electron chi connectivity index (χ0n) is 15.9. The molecule has 0 atom stereocenters. The Labute approximate surface area is 164 Å². The van der Waals surface area contributed by atoms with E-state index in [9.17, 15) is 9.18 Å². The number of pyridine rings is 1. The first-order chi connectivity index (χ1) is 12.8. The van der Waals surface area contributed by atoms with Crippen LogP contribution in [0.4, 0.5) is 10.2 Å². The lowest BCUT2D eigenvalue weighted by Gasteiger charge is -2.30. The summed E-state index contributed by atoms with van der Waals surface area (Å²) in [5.74, 6) is 0.193. The third-order valence-corrected chi connectivity index (χ3v) is 5.66. The third kappa shape index (κ3) is 4.78. The summed E-state index contributed by atoms with van der Waals surface area (Å²) in [6.07, 6.45) is 3.70. The number of aromatic nitrogens is 1. The average Bonchev–Trinajstić information content (AvgIpc) is 2.63. The Morgan fingerprint density at radius 2 is 1.78 bits per heavy atom. The normalized spacial score (nSPS) is 19.6. The fourth-order valence-corrected chi connectivity index (χ4v) is 3.65. The number of carbonyl (C=O) groups is 1. The highest BCUT2D eigenvalue weighted by Gasteiger charge is 2.23. The zero-order valence-corrected chi connectivity index (χ0v) is 16.7. The molecule has 0 bridgehead atoms. The monoisotopic (exact) mass is 389 g/mol. The topological polar surface area (TPSA) is 54.0 Å². The van der Waals surface area contributed by atoms with Crippen molar-refractivity contribution in [3.63, 3.8) is 0 Å². The third-order valence-electron chi connectivity index (χ3n) is 5.37. The van der Waals surface area contributed by atoms with Gasteiger partial charge < -0.3 is 10.6 Å². The van der Waals surface area contributed by atoms with Gasteiger partial charge in [-0.2, -0.15) is 0 Å². The fraction of sp³-hybridized carbons (Fsp3) is 0.429. The molecule has 1 heterocycles. The minimum absolute atomic E-state index is 0.0354. The lowest BCUT2D eigenvalue weighted by atomic mass is 9.91. The predicted molar refractivity (Wildman–Crippen MR) is 107 cm³/mol. The summed E-state index contributed by atoms with van der Waals surface area (Å²) in [7, 11) is 0. The predicted octanol–water partition coefficient (Wildman–Crippen LogP) is 4.95. The van der Waals surface area contributed by atoms with E-state index in [0.29, 0.717) is 11.6 Å². The van der Waals surface area contributed by atoms with E-state index in [0.717, 1.165) is 37.2 Å². The average molecular weight is 390 g/mol. The van der Waals surface area contributed by atoms with Crippen LogP contribution in [0.25, 0.3) is 0 Å². The molecule has 4 nitrogen and oxygen atoms in total. The molecule has 27 heavy (non-hydrogen) atoms. The van der Waals surface area contributed by atoms with Crippen molar-refractivity contribution in [3.8, 4) is 0 Å². The molecule has 144 valence electrons. The first kappa shape index (κ1) is 19.6. The van der Waals surface area contributed by atoms with E-state index in [-0.39, 0.29) is 17.0 Å². The van der Waals surface area contributed by atoms with Crippen LogP contribution in [0.15, 0.2) is 24.3 Å². The van der Waals surface area contributed by atoms with E-state index in [1.807, 2.05) is 6.92 Å². The Bertz CT molecular complexity index is 824. The maximum atomic E-state index is 13.2. The number of carbonyl (C=O) groups excluding carboxylic acids is 1. The summed E-state index contributed by atoms with van der Waals surface area (Å²) >= 11 is 5.76. The highest BCUT2D eigenvalue weighted by molar-refractivity contribution is 6.31. The molecule has 0 aliphatic heterocycles. The number of nitrogens with zero attached hydrogens (tertiary/aromatic N) is 1. The van der Waals surface area contributed by atoms with Gasteiger partial charge in [-0.05, 0) is 81.8 Å². The summed E-state index contributed by atoms with van der Waals surface area (Å²) in [5.41, 5.74) is 3.91. The highest BCUT2D eigenvalue weighted by atomic mass is 35.5. The van der Waals surface area contributed by atoms with Gasteiger partial charge in [-0.3, -0.25) is 4.79 Å². The second-order valence-corrected chi connectivity index (χ2v) is 7.74. The number of hydrogen-bond acceptors (Lipinski definition) is 3. The molecule has 1 aromatic heterocycles. The van der Waals surface area contributed by atoms with Crippen molar-refractivity contribution in [1.82, 2.24) is 10.3 Å². The van der Waals surface area contributed by atoms with Crippen molar-refractivity contribution in [1.29, 1.82) is 0 Å². The molecular weight excluding hydrogens is 365 g/mol. The standard InChI is InChI=1S/C21H25ClFN3O/c1-12-10-20(24-14(3)13(12)2)25-16-5-7-17(8-6-16)26-21(27)15-4-9-19(23)18(22)11-15/h4,9-11,16-17H,5-8H2,1-3H3,(H,24,25)(H,26,27). The van der Waals surface area contributed by atoms with E-state index in [4.69, 9.17) is 11.6 Å². The maximum absolute atomic E-state index is 13.2. The van der Waals surface area contributed by atoms with Crippen LogP contribution in [0.3, 0.4) is 0 Å². The minimum Gasteiger partial charge on any atom is -0.367 e. The van der Waals surface area contributed by atoms with Gasteiger partial charge in [-0.15, -0.1) is 0 Å². The van der Waals surface area contributed by atoms with Crippen molar-refractivity contribution in [2.45, 2.75) is 58.5 Å². The second-order valence-electron chi connectivity index (χ2n) is 7.33. The van der Waals surface area contributed by atoms with Crippen LogP contribution >= 0.6 is 11.6 Å². The number of hydrogen-bond donors (Lipinski definition) is 2. The van der Waals surface area contributed by atoms with Crippen molar-refractivity contribution < 1.29 is 9.18 Å². The molecular formula is C21H25ClFN3O. The SMILES string of the molecule is Cc1cc(NC2CCC(NC(=O)c3ccc(F)c(Cl)c3)CC2)nc(C)c1C. The number of aryl methyl sites for hydroxylation is 2. The van der Waals surface area contributed by atoms with Crippen LogP contribution in [0.5, 0.6) is 0 Å². The quantitative estimate of drug-likeness (QED) is 0.777. The van der Waals surface area contributed by atoms with Gasteiger partial charge in [0.05, 0.1) is 5.02 Å². The number of amides is 1. The number of rotatable bonds is 4. The summed E-state index contributed by atoms with van der Waals surface area (Å²) in [6, 6.07) is 6.61. The van der Waals surface area contributed by atoms with Crippen LogP contribution in [0.1, 0.15) is 52.9 Å². The van der Waals surface area contributed by atoms with Gasteiger partial charge >= 0.3 is 0 Å². The van der Waals surface area contributed by atoms with E-state index in [2.05, 4.69) is 35.5 Å². The minimum atomic E-state index is -0.519. The zero-order chi connectivity index (χ0) is 19.6. The van der Waals surface area contributed by atoms with Crippen LogP contribution in [0, 0.1) is 26.6 Å². The molecule has 6 heteroatoms. The maximum Gasteiger partial charge on any atom is 0.251 e. The van der Waals surface area contributed by atoms with Crippen LogP contribution in [-0.2, 0) is 0 Å². The lowest BCUT2D eigenvalue weighted by Crippen LogP contribution is -2.40. The molecule has 1 aliphatic rings. The van der Waals surface area contributed by atoms with Gasteiger partial charge in [0.25, 0.3) is 5.91 Å². The molecule has 1 aromatic carbocycles. The van der Waals surface area contributed by atoms with Crippen LogP contribution < -0.4 is 10.6 Å². The summed E-state index contributed by atoms with van der Waals surface area (Å²) in [6.45, 7) is 6.22. The Morgan fingerprint density at radius 1 is 1.11 bits per heavy atom. The van der Waals surface area contributed by atoms with Gasteiger partial charge in [0.2, 0.25) is 0 Å². The van der Waals surface area contributed by atoms with Gasteiger partial charge in [0, 0.05) is 23.3 Å². The van der Waals surface area contributed by atoms with Gasteiger partial charge in [-0.1, -0.05) is 11.6 Å². The lowest BCUT2D eigenvalue weighted by molar-refractivity contribution is 0.0926. The molecule has 0 saturated heterocycles. The smallest absolute Gasteiger partial charge is 0.251 e. The van der Waals surface area contributed by atoms with E-state index in [1.165, 1.54) is 29.3 Å². The molecule has 1 aliphatic carbocycles. The molecule has 0 radical (unpaired) electrons. The van der Waals surface area contributed by atoms with Crippen LogP contribution in [0.2, 0.25) is 5.02 Å². The number of anilines is 1. The van der Waals surface area contributed by atoms with Crippen molar-refractivity contribution in [2.24, 2.45) is 0 Å². The molecule has 0 spiro atoms. The van der Waals surface area contributed by atoms with E-state index < -0.39 is 5.82 Å². The van der Waals surface area contributed by atoms with E-state index in [1.54, 1.807) is 0 Å². The van der Waals surface area contributed by atoms with Crippen LogP contribution in [-0.4, -0.2) is 23.0 Å². The molecule has 1 fully saturated rings. The van der Waals surface area contributed by atoms with Crippen molar-refractivity contribution in [3.05, 3.63) is 57.5 Å². The Morgan fingerprint density at radius 3 is 2.41 bits per heavy atom. The number of nitrogens with one attached hydrogen (secondary N) is 2. The number of benzene rings is 1. The Kier molecular flexibility index (Phi) is 6.00. The molecule has 0 unspecified atom stereocenters. The van der Waals surface area contributed by atoms with Gasteiger partial charge in [0.15, 0.2) is 0 Å². The summed E-state index contributed by atoms with van der Waals surface area (Å²) < 4.78 is 13.2. The molecule has 1 amide bonds. The molecule has 2 aromatic rings. The second kappa shape index (κ2) is 8.26. The highest BCUT2D eigenvalue weighted by Crippen LogP contribution is 2.24. The largest absolute Gasteiger partial charge is 0.367 e. The fourth-order valence-electron chi connectivity index (χ4n) is 3.47. The first-order valence-electron chi connectivity index (χ1n) is 9.31. The first-order valence-corrected chi connectivity index (χ1v) is 9.68. The summed E-state index contributed by atoms with van der Waals surface area (Å²) in [4.78, 5) is 17.0. The number of halogens is 2. The van der Waals surface area contributed by atoms with Crippen molar-refractivity contribution in [2.75, 3.05) is 5.32 Å². The Hall–Kier alpha value is -2.14. The Balaban J connectivity index is 1.53.